The summed E-state index contributed by atoms with van der Waals surface area (Å²) in [5.41, 5.74) is 1.50. The number of nitrogens with zero attached hydrogens (tertiary/aromatic N) is 1. The Morgan fingerprint density at radius 3 is 2.64 bits per heavy atom. The summed E-state index contributed by atoms with van der Waals surface area (Å²) in [6.45, 7) is 5.96. The summed E-state index contributed by atoms with van der Waals surface area (Å²) >= 11 is 0. The van der Waals surface area contributed by atoms with Gasteiger partial charge in [-0.2, -0.15) is 0 Å². The molecule has 0 saturated carbocycles. The van der Waals surface area contributed by atoms with Crippen LogP contribution in [0.15, 0.2) is 16.9 Å². The molecule has 122 valence electrons. The number of aromatic nitrogens is 1. The van der Waals surface area contributed by atoms with Crippen molar-refractivity contribution in [2.75, 3.05) is 32.8 Å². The third kappa shape index (κ3) is 3.77. The summed E-state index contributed by atoms with van der Waals surface area (Å²) in [6.07, 6.45) is 3.54. The summed E-state index contributed by atoms with van der Waals surface area (Å²) in [5.74, 6) is 0.424. The Bertz CT molecular complexity index is 555. The molecule has 0 radical (unpaired) electrons. The second-order valence-corrected chi connectivity index (χ2v) is 6.84. The molecule has 22 heavy (non-hydrogen) atoms. The highest BCUT2D eigenvalue weighted by Gasteiger charge is 2.33. The average molecular weight is 306 g/mol. The molecule has 3 heterocycles. The van der Waals surface area contributed by atoms with Crippen LogP contribution in [0, 0.1) is 6.92 Å². The number of β-amino-alcohol motifs (C(OH)–C–C–N with tert-alkyl or cyclic N) is 1. The Hall–Kier alpha value is -1.17. The number of likely N-dealkylation sites (tertiary alicyclic amines) is 1. The van der Waals surface area contributed by atoms with Gasteiger partial charge >= 0.3 is 0 Å². The van der Waals surface area contributed by atoms with Gasteiger partial charge in [-0.25, -0.2) is 0 Å². The number of rotatable bonds is 3. The summed E-state index contributed by atoms with van der Waals surface area (Å²) < 4.78 is 5.34. The lowest BCUT2D eigenvalue weighted by atomic mass is 9.89. The van der Waals surface area contributed by atoms with Gasteiger partial charge in [-0.3, -0.25) is 4.79 Å². The minimum atomic E-state index is -0.581. The van der Waals surface area contributed by atoms with Crippen LogP contribution in [0.1, 0.15) is 43.0 Å². The van der Waals surface area contributed by atoms with E-state index in [1.165, 1.54) is 0 Å². The lowest BCUT2D eigenvalue weighted by molar-refractivity contribution is -0.0821. The number of hydrogen-bond donors (Lipinski definition) is 2. The van der Waals surface area contributed by atoms with E-state index in [1.807, 2.05) is 6.92 Å². The molecule has 1 aromatic rings. The zero-order chi connectivity index (χ0) is 15.6. The predicted molar refractivity (Wildman–Crippen MR) is 85.2 cm³/mol. The number of hydrogen-bond acceptors (Lipinski definition) is 4. The normalized spacial score (nSPS) is 23.5. The molecule has 0 aromatic carbocycles. The number of aryl methyl sites for hydroxylation is 1. The van der Waals surface area contributed by atoms with Crippen molar-refractivity contribution in [1.29, 1.82) is 0 Å². The van der Waals surface area contributed by atoms with Crippen molar-refractivity contribution in [2.45, 2.75) is 44.1 Å². The fourth-order valence-corrected chi connectivity index (χ4v) is 3.66. The number of H-pyrrole nitrogens is 1. The van der Waals surface area contributed by atoms with Crippen molar-refractivity contribution in [3.63, 3.8) is 0 Å². The Morgan fingerprint density at radius 1 is 1.32 bits per heavy atom. The minimum absolute atomic E-state index is 0.0881. The summed E-state index contributed by atoms with van der Waals surface area (Å²) in [5, 5.41) is 10.6. The van der Waals surface area contributed by atoms with Crippen molar-refractivity contribution in [3.05, 3.63) is 33.7 Å². The maximum atomic E-state index is 11.6. The monoisotopic (exact) mass is 306 g/mol. The molecular formula is C17H26N2O3. The van der Waals surface area contributed by atoms with Gasteiger partial charge in [-0.05, 0) is 32.9 Å². The lowest BCUT2D eigenvalue weighted by Gasteiger charge is -2.39. The molecule has 0 spiro atoms. The first-order valence-electron chi connectivity index (χ1n) is 8.27. The van der Waals surface area contributed by atoms with E-state index in [4.69, 9.17) is 4.74 Å². The molecular weight excluding hydrogens is 280 g/mol. The first-order chi connectivity index (χ1) is 10.5. The van der Waals surface area contributed by atoms with E-state index in [9.17, 15) is 9.90 Å². The molecule has 0 bridgehead atoms. The van der Waals surface area contributed by atoms with Gasteiger partial charge < -0.3 is 19.7 Å². The van der Waals surface area contributed by atoms with E-state index in [0.29, 0.717) is 19.1 Å². The van der Waals surface area contributed by atoms with E-state index in [2.05, 4.69) is 9.88 Å². The van der Waals surface area contributed by atoms with Gasteiger partial charge in [0.15, 0.2) is 5.43 Å². The molecule has 0 amide bonds. The fourth-order valence-electron chi connectivity index (χ4n) is 3.66. The maximum Gasteiger partial charge on any atom is 0.182 e. The van der Waals surface area contributed by atoms with E-state index in [-0.39, 0.29) is 5.43 Å². The minimum Gasteiger partial charge on any atom is -0.388 e. The van der Waals surface area contributed by atoms with Crippen LogP contribution in [0.2, 0.25) is 0 Å². The molecule has 2 N–H and O–H groups in total. The largest absolute Gasteiger partial charge is 0.388 e. The number of aromatic amines is 1. The number of piperidine rings is 1. The maximum absolute atomic E-state index is 11.6. The van der Waals surface area contributed by atoms with Gasteiger partial charge in [0.25, 0.3) is 0 Å². The molecule has 1 aromatic heterocycles. The van der Waals surface area contributed by atoms with Crippen LogP contribution in [0.3, 0.4) is 0 Å². The van der Waals surface area contributed by atoms with Crippen LogP contribution in [-0.4, -0.2) is 53.4 Å². The van der Waals surface area contributed by atoms with E-state index >= 15 is 0 Å². The number of aliphatic hydroxyl groups is 1. The average Bonchev–Trinajstić information content (AvgIpc) is 2.47. The van der Waals surface area contributed by atoms with E-state index < -0.39 is 5.60 Å². The topological polar surface area (TPSA) is 65.6 Å². The molecule has 2 saturated heterocycles. The molecule has 0 atom stereocenters. The molecule has 2 aliphatic rings. The molecule has 5 heteroatoms. The highest BCUT2D eigenvalue weighted by atomic mass is 16.5. The van der Waals surface area contributed by atoms with Gasteiger partial charge in [0.05, 0.1) is 5.60 Å². The molecule has 0 aliphatic carbocycles. The van der Waals surface area contributed by atoms with Gasteiger partial charge in [0.2, 0.25) is 0 Å². The Kier molecular flexibility index (Phi) is 4.66. The first kappa shape index (κ1) is 15.7. The Balaban J connectivity index is 1.57. The molecule has 2 fully saturated rings. The quantitative estimate of drug-likeness (QED) is 0.886. The van der Waals surface area contributed by atoms with Crippen LogP contribution in [-0.2, 0) is 4.74 Å². The molecule has 0 unspecified atom stereocenters. The lowest BCUT2D eigenvalue weighted by Crippen LogP contribution is -2.48. The van der Waals surface area contributed by atoms with Crippen LogP contribution >= 0.6 is 0 Å². The number of pyridine rings is 1. The molecule has 5 nitrogen and oxygen atoms in total. The van der Waals surface area contributed by atoms with Gasteiger partial charge in [0.1, 0.15) is 0 Å². The Labute approximate surface area is 131 Å². The van der Waals surface area contributed by atoms with Gasteiger partial charge in [-0.15, -0.1) is 0 Å². The zero-order valence-electron chi connectivity index (χ0n) is 13.3. The highest BCUT2D eigenvalue weighted by Crippen LogP contribution is 2.29. The van der Waals surface area contributed by atoms with Gasteiger partial charge in [0, 0.05) is 62.0 Å². The fraction of sp³-hybridized carbons (Fsp3) is 0.706. The highest BCUT2D eigenvalue weighted by molar-refractivity contribution is 5.15. The summed E-state index contributed by atoms with van der Waals surface area (Å²) in [4.78, 5) is 17.3. The summed E-state index contributed by atoms with van der Waals surface area (Å²) in [6, 6.07) is 3.37. The van der Waals surface area contributed by atoms with Crippen molar-refractivity contribution in [1.82, 2.24) is 9.88 Å². The SMILES string of the molecule is Cc1cc(=O)cc(C2CCN(CC3(O)CCOCC3)CC2)[nH]1. The first-order valence-corrected chi connectivity index (χ1v) is 8.27. The standard InChI is InChI=1S/C17H26N2O3/c1-13-10-15(20)11-16(18-13)14-2-6-19(7-3-14)12-17(21)4-8-22-9-5-17/h10-11,14,21H,2-9,12H2,1H3,(H,18,20). The van der Waals surface area contributed by atoms with Crippen molar-refractivity contribution in [2.24, 2.45) is 0 Å². The van der Waals surface area contributed by atoms with Crippen LogP contribution in [0.5, 0.6) is 0 Å². The van der Waals surface area contributed by atoms with E-state index in [1.54, 1.807) is 12.1 Å². The molecule has 3 rings (SSSR count). The van der Waals surface area contributed by atoms with Crippen LogP contribution in [0.25, 0.3) is 0 Å². The second-order valence-electron chi connectivity index (χ2n) is 6.84. The van der Waals surface area contributed by atoms with Gasteiger partial charge in [-0.1, -0.05) is 0 Å². The van der Waals surface area contributed by atoms with Crippen molar-refractivity contribution >= 4 is 0 Å². The van der Waals surface area contributed by atoms with Crippen molar-refractivity contribution < 1.29 is 9.84 Å². The smallest absolute Gasteiger partial charge is 0.182 e. The third-order valence-electron chi connectivity index (χ3n) is 4.97. The predicted octanol–water partition coefficient (Wildman–Crippen LogP) is 1.40. The second kappa shape index (κ2) is 6.52. The number of nitrogens with one attached hydrogen (secondary N) is 1. The zero-order valence-corrected chi connectivity index (χ0v) is 13.3. The molecule has 2 aliphatic heterocycles. The van der Waals surface area contributed by atoms with Crippen LogP contribution in [0.4, 0.5) is 0 Å². The number of ether oxygens (including phenoxy) is 1. The third-order valence-corrected chi connectivity index (χ3v) is 4.97. The van der Waals surface area contributed by atoms with E-state index in [0.717, 1.165) is 56.7 Å². The van der Waals surface area contributed by atoms with Crippen LogP contribution < -0.4 is 5.43 Å². The summed E-state index contributed by atoms with van der Waals surface area (Å²) in [7, 11) is 0. The Morgan fingerprint density at radius 2 is 2.00 bits per heavy atom. The van der Waals surface area contributed by atoms with Crippen molar-refractivity contribution in [3.8, 4) is 0 Å².